The molecule has 9 heteroatoms. The van der Waals surface area contributed by atoms with E-state index in [9.17, 15) is 23.1 Å². The van der Waals surface area contributed by atoms with Crippen LogP contribution < -0.4 is 9.64 Å². The Labute approximate surface area is 169 Å². The number of rotatable bonds is 4. The number of piperidine rings is 1. The first-order chi connectivity index (χ1) is 14.3. The van der Waals surface area contributed by atoms with Crippen LogP contribution in [-0.4, -0.2) is 40.5 Å². The third kappa shape index (κ3) is 4.14. The van der Waals surface area contributed by atoms with Crippen LogP contribution in [0.25, 0.3) is 22.0 Å². The van der Waals surface area contributed by atoms with Crippen LogP contribution in [0, 0.1) is 5.92 Å². The number of hydrogen-bond donors (Lipinski definition) is 1. The zero-order chi connectivity index (χ0) is 21.3. The van der Waals surface area contributed by atoms with Crippen LogP contribution in [0.3, 0.4) is 0 Å². The quantitative estimate of drug-likeness (QED) is 0.674. The number of benzene rings is 2. The van der Waals surface area contributed by atoms with Gasteiger partial charge in [-0.3, -0.25) is 4.79 Å². The molecule has 0 bridgehead atoms. The summed E-state index contributed by atoms with van der Waals surface area (Å²) in [7, 11) is 0. The highest BCUT2D eigenvalue weighted by Gasteiger charge is 2.31. The van der Waals surface area contributed by atoms with Crippen LogP contribution in [-0.2, 0) is 4.79 Å². The molecule has 1 atom stereocenters. The lowest BCUT2D eigenvalue weighted by Crippen LogP contribution is -2.39. The number of ether oxygens (including phenoxy) is 1. The molecule has 0 spiro atoms. The fourth-order valence-corrected chi connectivity index (χ4v) is 3.81. The Morgan fingerprint density at radius 3 is 2.73 bits per heavy atom. The second kappa shape index (κ2) is 7.81. The molecule has 1 saturated heterocycles. The van der Waals surface area contributed by atoms with Gasteiger partial charge in [0.2, 0.25) is 0 Å². The minimum atomic E-state index is -4.79. The molecule has 2 heterocycles. The molecule has 156 valence electrons. The largest absolute Gasteiger partial charge is 0.573 e. The maximum atomic E-state index is 12.6. The van der Waals surface area contributed by atoms with Gasteiger partial charge in [-0.05, 0) is 42.2 Å². The van der Waals surface area contributed by atoms with Crippen LogP contribution in [0.1, 0.15) is 12.8 Å². The van der Waals surface area contributed by atoms with Gasteiger partial charge in [0, 0.05) is 13.1 Å². The summed E-state index contributed by atoms with van der Waals surface area (Å²) >= 11 is 0. The Kier molecular flexibility index (Phi) is 5.19. The number of anilines is 1. The number of carboxylic acids is 1. The van der Waals surface area contributed by atoms with Gasteiger partial charge in [0.1, 0.15) is 17.9 Å². The lowest BCUT2D eigenvalue weighted by atomic mass is 9.96. The van der Waals surface area contributed by atoms with E-state index in [1.54, 1.807) is 24.3 Å². The van der Waals surface area contributed by atoms with E-state index in [1.165, 1.54) is 24.5 Å². The molecule has 1 N–H and O–H groups in total. The Balaban J connectivity index is 1.81. The number of aliphatic carboxylic acids is 1. The summed E-state index contributed by atoms with van der Waals surface area (Å²) in [5, 5.41) is 10.1. The smallest absolute Gasteiger partial charge is 0.481 e. The lowest BCUT2D eigenvalue weighted by Gasteiger charge is -2.32. The van der Waals surface area contributed by atoms with Gasteiger partial charge in [0.15, 0.2) is 0 Å². The van der Waals surface area contributed by atoms with Crippen LogP contribution in [0.4, 0.5) is 19.0 Å². The Hall–Kier alpha value is -3.36. The van der Waals surface area contributed by atoms with E-state index in [-0.39, 0.29) is 5.75 Å². The molecule has 0 saturated carbocycles. The van der Waals surface area contributed by atoms with E-state index >= 15 is 0 Å². The standard InChI is InChI=1S/C21H18F3N3O3/c22-21(23,24)30-15-6-1-4-13(10-15)16-7-2-8-17-18(16)19(26-12-25-17)27-9-3-5-14(11-27)20(28)29/h1-2,4,6-8,10,12,14H,3,5,9,11H2,(H,28,29). The molecule has 6 nitrogen and oxygen atoms in total. The van der Waals surface area contributed by atoms with E-state index < -0.39 is 18.2 Å². The molecule has 0 aliphatic carbocycles. The van der Waals surface area contributed by atoms with Crippen molar-refractivity contribution in [2.75, 3.05) is 18.0 Å². The highest BCUT2D eigenvalue weighted by atomic mass is 19.4. The number of aromatic nitrogens is 2. The third-order valence-corrected chi connectivity index (χ3v) is 5.09. The van der Waals surface area contributed by atoms with Gasteiger partial charge in [0.05, 0.1) is 16.8 Å². The SMILES string of the molecule is O=C(O)C1CCCN(c2ncnc3cccc(-c4cccc(OC(F)(F)F)c4)c23)C1. The molecule has 30 heavy (non-hydrogen) atoms. The topological polar surface area (TPSA) is 75.5 Å². The summed E-state index contributed by atoms with van der Waals surface area (Å²) in [5.41, 5.74) is 1.79. The van der Waals surface area contributed by atoms with Crippen molar-refractivity contribution in [1.82, 2.24) is 9.97 Å². The Morgan fingerprint density at radius 2 is 1.97 bits per heavy atom. The van der Waals surface area contributed by atoms with Crippen molar-refractivity contribution >= 4 is 22.7 Å². The van der Waals surface area contributed by atoms with E-state index in [1.807, 2.05) is 4.90 Å². The fraction of sp³-hybridized carbons (Fsp3) is 0.286. The molecular weight excluding hydrogens is 399 g/mol. The Bertz CT molecular complexity index is 1080. The summed E-state index contributed by atoms with van der Waals surface area (Å²) in [5.74, 6) is -1.10. The molecule has 3 aromatic rings. The number of hydrogen-bond acceptors (Lipinski definition) is 5. The maximum absolute atomic E-state index is 12.6. The molecular formula is C21H18F3N3O3. The number of fused-ring (bicyclic) bond motifs is 1. The highest BCUT2D eigenvalue weighted by molar-refractivity contribution is 6.02. The second-order valence-electron chi connectivity index (χ2n) is 7.10. The van der Waals surface area contributed by atoms with Crippen molar-refractivity contribution in [2.24, 2.45) is 5.92 Å². The number of halogens is 3. The minimum Gasteiger partial charge on any atom is -0.481 e. The first kappa shape index (κ1) is 19.9. The molecule has 1 unspecified atom stereocenters. The van der Waals surface area contributed by atoms with Gasteiger partial charge in [-0.2, -0.15) is 0 Å². The average molecular weight is 417 g/mol. The molecule has 1 aromatic heterocycles. The van der Waals surface area contributed by atoms with Crippen LogP contribution >= 0.6 is 0 Å². The predicted molar refractivity (Wildman–Crippen MR) is 104 cm³/mol. The maximum Gasteiger partial charge on any atom is 0.573 e. The van der Waals surface area contributed by atoms with Crippen LogP contribution in [0.2, 0.25) is 0 Å². The van der Waals surface area contributed by atoms with Gasteiger partial charge in [-0.25, -0.2) is 9.97 Å². The number of carboxylic acid groups (broad SMARTS) is 1. The zero-order valence-corrected chi connectivity index (χ0v) is 15.8. The van der Waals surface area contributed by atoms with Crippen LogP contribution in [0.15, 0.2) is 48.8 Å². The number of carbonyl (C=O) groups is 1. The van der Waals surface area contributed by atoms with Crippen molar-refractivity contribution < 1.29 is 27.8 Å². The number of alkyl halides is 3. The van der Waals surface area contributed by atoms with E-state index in [2.05, 4.69) is 14.7 Å². The van der Waals surface area contributed by atoms with Crippen molar-refractivity contribution in [3.63, 3.8) is 0 Å². The Morgan fingerprint density at radius 1 is 1.17 bits per heavy atom. The minimum absolute atomic E-state index is 0.313. The van der Waals surface area contributed by atoms with Crippen molar-refractivity contribution in [2.45, 2.75) is 19.2 Å². The van der Waals surface area contributed by atoms with Crippen molar-refractivity contribution in [3.8, 4) is 16.9 Å². The van der Waals surface area contributed by atoms with Crippen molar-refractivity contribution in [3.05, 3.63) is 48.8 Å². The molecule has 1 fully saturated rings. The van der Waals surface area contributed by atoms with Crippen LogP contribution in [0.5, 0.6) is 5.75 Å². The number of nitrogens with zero attached hydrogens (tertiary/aromatic N) is 3. The van der Waals surface area contributed by atoms with E-state index in [0.717, 1.165) is 0 Å². The molecule has 1 aliphatic heterocycles. The van der Waals surface area contributed by atoms with E-state index in [0.29, 0.717) is 53.8 Å². The fourth-order valence-electron chi connectivity index (χ4n) is 3.81. The summed E-state index contributed by atoms with van der Waals surface area (Å²) in [6.07, 6.45) is -2.07. The molecule has 0 amide bonds. The first-order valence-electron chi connectivity index (χ1n) is 9.39. The van der Waals surface area contributed by atoms with Gasteiger partial charge in [0.25, 0.3) is 0 Å². The monoisotopic (exact) mass is 417 g/mol. The molecule has 1 aliphatic rings. The third-order valence-electron chi connectivity index (χ3n) is 5.09. The van der Waals surface area contributed by atoms with Gasteiger partial charge < -0.3 is 14.7 Å². The first-order valence-corrected chi connectivity index (χ1v) is 9.39. The summed E-state index contributed by atoms with van der Waals surface area (Å²) < 4.78 is 42.0. The molecule has 0 radical (unpaired) electrons. The second-order valence-corrected chi connectivity index (χ2v) is 7.10. The lowest BCUT2D eigenvalue weighted by molar-refractivity contribution is -0.274. The molecule has 4 rings (SSSR count). The van der Waals surface area contributed by atoms with E-state index in [4.69, 9.17) is 0 Å². The average Bonchev–Trinajstić information content (AvgIpc) is 2.72. The summed E-state index contributed by atoms with van der Waals surface area (Å²) in [6.45, 7) is 0.953. The zero-order valence-electron chi connectivity index (χ0n) is 15.8. The van der Waals surface area contributed by atoms with Gasteiger partial charge in [-0.1, -0.05) is 24.3 Å². The van der Waals surface area contributed by atoms with Gasteiger partial charge >= 0.3 is 12.3 Å². The van der Waals surface area contributed by atoms with Gasteiger partial charge in [-0.15, -0.1) is 13.2 Å². The predicted octanol–water partition coefficient (Wildman–Crippen LogP) is 4.50. The normalized spacial score (nSPS) is 17.2. The summed E-state index contributed by atoms with van der Waals surface area (Å²) in [4.78, 5) is 22.1. The van der Waals surface area contributed by atoms with Crippen molar-refractivity contribution in [1.29, 1.82) is 0 Å². The highest BCUT2D eigenvalue weighted by Crippen LogP contribution is 2.37. The summed E-state index contributed by atoms with van der Waals surface area (Å²) in [6, 6.07) is 11.1. The molecule has 2 aromatic carbocycles.